The largest absolute Gasteiger partial charge is 0.449 e. The summed E-state index contributed by atoms with van der Waals surface area (Å²) in [6.07, 6.45) is 0.856. The van der Waals surface area contributed by atoms with Crippen LogP contribution in [0.2, 0.25) is 0 Å². The van der Waals surface area contributed by atoms with Gasteiger partial charge in [0.2, 0.25) is 0 Å². The highest BCUT2D eigenvalue weighted by Gasteiger charge is 2.28. The SMILES string of the molecule is CS(=O)(=O)OCCCNC(=O)OCC1c2ccccc2-c2ccccc21. The van der Waals surface area contributed by atoms with E-state index in [1.807, 2.05) is 24.3 Å². The molecule has 2 aromatic carbocycles. The number of fused-ring (bicyclic) bond motifs is 3. The molecule has 1 aliphatic rings. The Labute approximate surface area is 153 Å². The number of carbonyl (C=O) groups excluding carboxylic acids is 1. The van der Waals surface area contributed by atoms with Crippen LogP contribution in [-0.4, -0.2) is 40.5 Å². The van der Waals surface area contributed by atoms with E-state index >= 15 is 0 Å². The van der Waals surface area contributed by atoms with Gasteiger partial charge in [-0.25, -0.2) is 4.79 Å². The molecular weight excluding hydrogens is 354 g/mol. The molecule has 1 aliphatic carbocycles. The number of benzene rings is 2. The lowest BCUT2D eigenvalue weighted by atomic mass is 9.98. The third-order valence-electron chi connectivity index (χ3n) is 4.23. The highest BCUT2D eigenvalue weighted by molar-refractivity contribution is 7.85. The molecule has 138 valence electrons. The average molecular weight is 375 g/mol. The van der Waals surface area contributed by atoms with Gasteiger partial charge in [-0.2, -0.15) is 8.42 Å². The average Bonchev–Trinajstić information content (AvgIpc) is 2.93. The molecule has 6 nitrogen and oxygen atoms in total. The van der Waals surface area contributed by atoms with Gasteiger partial charge in [-0.3, -0.25) is 4.18 Å². The fourth-order valence-corrected chi connectivity index (χ4v) is 3.54. The zero-order valence-electron chi connectivity index (χ0n) is 14.5. The van der Waals surface area contributed by atoms with Gasteiger partial charge >= 0.3 is 6.09 Å². The van der Waals surface area contributed by atoms with Crippen molar-refractivity contribution in [3.05, 3.63) is 59.7 Å². The van der Waals surface area contributed by atoms with Crippen LogP contribution in [-0.2, 0) is 19.0 Å². The van der Waals surface area contributed by atoms with E-state index in [2.05, 4.69) is 33.8 Å². The standard InChI is InChI=1S/C19H21NO5S/c1-26(22,23)25-12-6-11-20-19(21)24-13-18-16-9-4-2-7-14(16)15-8-3-5-10-17(15)18/h2-5,7-10,18H,6,11-13H2,1H3,(H,20,21). The summed E-state index contributed by atoms with van der Waals surface area (Å²) in [6, 6.07) is 16.3. The molecule has 1 N–H and O–H groups in total. The van der Waals surface area contributed by atoms with Crippen LogP contribution in [0.5, 0.6) is 0 Å². The number of nitrogens with one attached hydrogen (secondary N) is 1. The fourth-order valence-electron chi connectivity index (χ4n) is 3.12. The van der Waals surface area contributed by atoms with E-state index in [1.165, 1.54) is 11.1 Å². The predicted molar refractivity (Wildman–Crippen MR) is 98.5 cm³/mol. The Morgan fingerprint density at radius 2 is 1.62 bits per heavy atom. The summed E-state index contributed by atoms with van der Waals surface area (Å²) in [7, 11) is -3.45. The van der Waals surface area contributed by atoms with E-state index in [-0.39, 0.29) is 25.7 Å². The molecule has 0 atom stereocenters. The van der Waals surface area contributed by atoms with Gasteiger partial charge in [0.1, 0.15) is 6.61 Å². The Morgan fingerprint density at radius 3 is 2.19 bits per heavy atom. The first-order chi connectivity index (χ1) is 12.5. The number of alkyl carbamates (subject to hydrolysis) is 1. The Bertz CT molecular complexity index is 849. The first kappa shape index (κ1) is 18.4. The summed E-state index contributed by atoms with van der Waals surface area (Å²) in [5.41, 5.74) is 4.66. The second-order valence-corrected chi connectivity index (χ2v) is 7.78. The van der Waals surface area contributed by atoms with Gasteiger partial charge in [-0.05, 0) is 28.7 Å². The molecule has 26 heavy (non-hydrogen) atoms. The van der Waals surface area contributed by atoms with Crippen molar-refractivity contribution >= 4 is 16.2 Å². The van der Waals surface area contributed by atoms with Crippen molar-refractivity contribution in [1.29, 1.82) is 0 Å². The van der Waals surface area contributed by atoms with E-state index in [9.17, 15) is 13.2 Å². The lowest BCUT2D eigenvalue weighted by Crippen LogP contribution is -2.27. The van der Waals surface area contributed by atoms with Gasteiger partial charge in [0.15, 0.2) is 0 Å². The predicted octanol–water partition coefficient (Wildman–Crippen LogP) is 2.89. The molecule has 2 aromatic rings. The third-order valence-corrected chi connectivity index (χ3v) is 4.83. The summed E-state index contributed by atoms with van der Waals surface area (Å²) in [5.74, 6) is 0.0155. The van der Waals surface area contributed by atoms with E-state index in [4.69, 9.17) is 4.74 Å². The Kier molecular flexibility index (Phi) is 5.58. The molecule has 0 unspecified atom stereocenters. The van der Waals surface area contributed by atoms with Crippen molar-refractivity contribution in [3.8, 4) is 11.1 Å². The third kappa shape index (κ3) is 4.42. The maximum absolute atomic E-state index is 11.9. The highest BCUT2D eigenvalue weighted by atomic mass is 32.2. The second kappa shape index (κ2) is 7.88. The van der Waals surface area contributed by atoms with E-state index in [0.29, 0.717) is 6.42 Å². The molecular formula is C19H21NO5S. The van der Waals surface area contributed by atoms with Crippen LogP contribution >= 0.6 is 0 Å². The van der Waals surface area contributed by atoms with Gasteiger partial charge in [0, 0.05) is 12.5 Å². The highest BCUT2D eigenvalue weighted by Crippen LogP contribution is 2.44. The number of carbonyl (C=O) groups is 1. The number of rotatable bonds is 7. The van der Waals surface area contributed by atoms with Crippen molar-refractivity contribution in [2.24, 2.45) is 0 Å². The summed E-state index contributed by atoms with van der Waals surface area (Å²) in [6.45, 7) is 0.564. The van der Waals surface area contributed by atoms with Crippen LogP contribution in [0.4, 0.5) is 4.79 Å². The fraction of sp³-hybridized carbons (Fsp3) is 0.316. The Balaban J connectivity index is 1.53. The normalized spacial score (nSPS) is 13.1. The molecule has 0 aromatic heterocycles. The van der Waals surface area contributed by atoms with Crippen LogP contribution in [0.1, 0.15) is 23.5 Å². The second-order valence-electron chi connectivity index (χ2n) is 6.13. The molecule has 1 amide bonds. The van der Waals surface area contributed by atoms with Crippen LogP contribution in [0.3, 0.4) is 0 Å². The van der Waals surface area contributed by atoms with Crippen molar-refractivity contribution in [3.63, 3.8) is 0 Å². The van der Waals surface area contributed by atoms with Crippen LogP contribution in [0, 0.1) is 0 Å². The molecule has 0 bridgehead atoms. The van der Waals surface area contributed by atoms with Gasteiger partial charge in [-0.15, -0.1) is 0 Å². The first-order valence-electron chi connectivity index (χ1n) is 8.39. The van der Waals surface area contributed by atoms with Crippen molar-refractivity contribution in [2.45, 2.75) is 12.3 Å². The van der Waals surface area contributed by atoms with E-state index < -0.39 is 16.2 Å². The molecule has 3 rings (SSSR count). The zero-order valence-corrected chi connectivity index (χ0v) is 15.3. The molecule has 0 aliphatic heterocycles. The lowest BCUT2D eigenvalue weighted by molar-refractivity contribution is 0.142. The minimum Gasteiger partial charge on any atom is -0.449 e. The molecule has 0 fully saturated rings. The van der Waals surface area contributed by atoms with Gasteiger partial charge in [0.05, 0.1) is 12.9 Å². The van der Waals surface area contributed by atoms with Crippen molar-refractivity contribution < 1.29 is 22.1 Å². The molecule has 7 heteroatoms. The number of hydrogen-bond acceptors (Lipinski definition) is 5. The van der Waals surface area contributed by atoms with E-state index in [0.717, 1.165) is 17.4 Å². The smallest absolute Gasteiger partial charge is 0.407 e. The van der Waals surface area contributed by atoms with Crippen molar-refractivity contribution in [1.82, 2.24) is 5.32 Å². The maximum atomic E-state index is 11.9. The topological polar surface area (TPSA) is 81.7 Å². The molecule has 0 saturated carbocycles. The van der Waals surface area contributed by atoms with Gasteiger partial charge in [-0.1, -0.05) is 48.5 Å². The molecule has 0 radical (unpaired) electrons. The van der Waals surface area contributed by atoms with Crippen LogP contribution in [0.15, 0.2) is 48.5 Å². The van der Waals surface area contributed by atoms with Crippen molar-refractivity contribution in [2.75, 3.05) is 26.0 Å². The Hall–Kier alpha value is -2.38. The van der Waals surface area contributed by atoms with Gasteiger partial charge in [0.25, 0.3) is 10.1 Å². The molecule has 0 saturated heterocycles. The number of hydrogen-bond donors (Lipinski definition) is 1. The van der Waals surface area contributed by atoms with E-state index in [1.54, 1.807) is 0 Å². The Morgan fingerprint density at radius 1 is 1.04 bits per heavy atom. The maximum Gasteiger partial charge on any atom is 0.407 e. The minimum absolute atomic E-state index is 0.0155. The van der Waals surface area contributed by atoms with Crippen LogP contribution in [0.25, 0.3) is 11.1 Å². The monoisotopic (exact) mass is 375 g/mol. The molecule has 0 spiro atoms. The van der Waals surface area contributed by atoms with Crippen LogP contribution < -0.4 is 5.32 Å². The summed E-state index contributed by atoms with van der Waals surface area (Å²) < 4.78 is 31.7. The van der Waals surface area contributed by atoms with Gasteiger partial charge < -0.3 is 10.1 Å². The summed E-state index contributed by atoms with van der Waals surface area (Å²) in [4.78, 5) is 11.9. The first-order valence-corrected chi connectivity index (χ1v) is 10.2. The summed E-state index contributed by atoms with van der Waals surface area (Å²) in [5, 5.41) is 2.60. The zero-order chi connectivity index (χ0) is 18.6. The molecule has 0 heterocycles. The number of ether oxygens (including phenoxy) is 1. The summed E-state index contributed by atoms with van der Waals surface area (Å²) >= 11 is 0. The lowest BCUT2D eigenvalue weighted by Gasteiger charge is -2.14. The number of amides is 1. The minimum atomic E-state index is -3.45. The quantitative estimate of drug-likeness (QED) is 0.594.